The third kappa shape index (κ3) is 7.10. The summed E-state index contributed by atoms with van der Waals surface area (Å²) in [4.78, 5) is 29.2. The average Bonchev–Trinajstić information content (AvgIpc) is 3.67. The number of anilines is 1. The van der Waals surface area contributed by atoms with Crippen LogP contribution in [0, 0.1) is 25.6 Å². The van der Waals surface area contributed by atoms with E-state index in [-0.39, 0.29) is 17.5 Å². The lowest BCUT2D eigenvalue weighted by atomic mass is 10.1. The molecule has 0 radical (unpaired) electrons. The Morgan fingerprint density at radius 2 is 1.77 bits per heavy atom. The second-order valence-electron chi connectivity index (χ2n) is 10.9. The summed E-state index contributed by atoms with van der Waals surface area (Å²) in [5, 5.41) is 0. The highest BCUT2D eigenvalue weighted by atomic mass is 19.3. The fraction of sp³-hybridized carbons (Fsp3) is 0.394. The van der Waals surface area contributed by atoms with E-state index in [4.69, 9.17) is 4.74 Å². The molecule has 2 saturated heterocycles. The summed E-state index contributed by atoms with van der Waals surface area (Å²) in [6.45, 7) is 9.86. The molecule has 0 bridgehead atoms. The van der Waals surface area contributed by atoms with Crippen molar-refractivity contribution in [3.63, 3.8) is 0 Å². The van der Waals surface area contributed by atoms with Crippen molar-refractivity contribution >= 4 is 22.8 Å². The van der Waals surface area contributed by atoms with E-state index in [9.17, 15) is 18.0 Å². The molecule has 0 N–H and O–H groups in total. The van der Waals surface area contributed by atoms with Crippen LogP contribution in [-0.4, -0.2) is 69.7 Å². The van der Waals surface area contributed by atoms with Crippen LogP contribution in [0.5, 0.6) is 0 Å². The number of ether oxygens (including phenoxy) is 1. The third-order valence-electron chi connectivity index (χ3n) is 7.74. The number of hydrogen-bond donors (Lipinski definition) is 0. The van der Waals surface area contributed by atoms with Crippen molar-refractivity contribution in [3.8, 4) is 5.82 Å². The van der Waals surface area contributed by atoms with E-state index in [1.54, 1.807) is 43.3 Å². The standard InChI is InChI=1S/C17H17F2N5O.C16H20FNO/c1-11-20-14(23-6-8-25-9-7-23)10-15(21-11)24-13-5-3-2-4-12(13)22-17(24)16(18)19;1-3-4-5-13-8-9-18(11-13)16(19)15-10-14(17)7-6-12(15)2/h2-5,10,16H,6-9H2,1H3;4-7,10,13H,3,8-9,11H2,1-2H3. The number of hydrogen-bond acceptors (Lipinski definition) is 6. The molecule has 2 fully saturated rings. The van der Waals surface area contributed by atoms with Gasteiger partial charge < -0.3 is 14.5 Å². The fourth-order valence-electron chi connectivity index (χ4n) is 5.49. The van der Waals surface area contributed by atoms with E-state index in [1.165, 1.54) is 16.7 Å². The van der Waals surface area contributed by atoms with Gasteiger partial charge >= 0.3 is 0 Å². The van der Waals surface area contributed by atoms with Crippen molar-refractivity contribution in [1.82, 2.24) is 24.4 Å². The lowest BCUT2D eigenvalue weighted by molar-refractivity contribution is 0.0788. The molecular weight excluding hydrogens is 569 g/mol. The van der Waals surface area contributed by atoms with Gasteiger partial charge in [-0.25, -0.2) is 28.1 Å². The normalized spacial score (nSPS) is 17.0. The molecule has 0 spiro atoms. The predicted octanol–water partition coefficient (Wildman–Crippen LogP) is 6.46. The maximum atomic E-state index is 13.6. The lowest BCUT2D eigenvalue weighted by Crippen LogP contribution is -2.37. The summed E-state index contributed by atoms with van der Waals surface area (Å²) in [5.41, 5.74) is 2.44. The molecule has 2 aliphatic heterocycles. The number of likely N-dealkylation sites (tertiary alicyclic amines) is 1. The molecule has 2 aromatic heterocycles. The fourth-order valence-corrected chi connectivity index (χ4v) is 5.49. The Morgan fingerprint density at radius 3 is 2.52 bits per heavy atom. The maximum absolute atomic E-state index is 13.6. The molecule has 2 aromatic carbocycles. The van der Waals surface area contributed by atoms with E-state index >= 15 is 0 Å². The van der Waals surface area contributed by atoms with Gasteiger partial charge in [-0.3, -0.25) is 9.36 Å². The number of benzene rings is 2. The summed E-state index contributed by atoms with van der Waals surface area (Å²) >= 11 is 0. The van der Waals surface area contributed by atoms with Crippen LogP contribution >= 0.6 is 0 Å². The number of allylic oxidation sites excluding steroid dienone is 1. The number of fused-ring (bicyclic) bond motifs is 1. The Bertz CT molecular complexity index is 1630. The molecule has 232 valence electrons. The Hall–Kier alpha value is -4.25. The van der Waals surface area contributed by atoms with Crippen molar-refractivity contribution in [1.29, 1.82) is 0 Å². The van der Waals surface area contributed by atoms with Crippen molar-refractivity contribution in [2.75, 3.05) is 44.3 Å². The molecule has 4 aromatic rings. The summed E-state index contributed by atoms with van der Waals surface area (Å²) in [6, 6.07) is 13.2. The van der Waals surface area contributed by atoms with Crippen molar-refractivity contribution in [2.45, 2.75) is 40.0 Å². The minimum atomic E-state index is -2.70. The van der Waals surface area contributed by atoms with Gasteiger partial charge in [-0.1, -0.05) is 37.3 Å². The number of carbonyl (C=O) groups is 1. The van der Waals surface area contributed by atoms with Crippen molar-refractivity contribution in [2.24, 2.45) is 5.92 Å². The molecule has 1 amide bonds. The number of morpholine rings is 1. The van der Waals surface area contributed by atoms with Crippen LogP contribution in [0.2, 0.25) is 0 Å². The number of imidazole rings is 1. The summed E-state index contributed by atoms with van der Waals surface area (Å²) < 4.78 is 47.1. The molecule has 44 heavy (non-hydrogen) atoms. The van der Waals surface area contributed by atoms with Crippen molar-refractivity contribution < 1.29 is 22.7 Å². The minimum absolute atomic E-state index is 0.0515. The molecule has 8 nitrogen and oxygen atoms in total. The molecular formula is C33H37F3N6O2. The van der Waals surface area contributed by atoms with Gasteiger partial charge in [-0.2, -0.15) is 0 Å². The molecule has 0 aliphatic carbocycles. The first-order chi connectivity index (χ1) is 21.2. The van der Waals surface area contributed by atoms with Crippen LogP contribution in [-0.2, 0) is 4.74 Å². The first kappa shape index (κ1) is 31.2. The van der Waals surface area contributed by atoms with Crippen LogP contribution in [0.4, 0.5) is 19.0 Å². The highest BCUT2D eigenvalue weighted by Crippen LogP contribution is 2.28. The second kappa shape index (κ2) is 14.0. The lowest BCUT2D eigenvalue weighted by Gasteiger charge is -2.28. The van der Waals surface area contributed by atoms with E-state index < -0.39 is 6.43 Å². The van der Waals surface area contributed by atoms with Gasteiger partial charge in [-0.15, -0.1) is 0 Å². The van der Waals surface area contributed by atoms with Crippen LogP contribution in [0.25, 0.3) is 16.9 Å². The van der Waals surface area contributed by atoms with Crippen LogP contribution in [0.1, 0.15) is 53.8 Å². The van der Waals surface area contributed by atoms with Crippen molar-refractivity contribution in [3.05, 3.63) is 89.3 Å². The zero-order valence-corrected chi connectivity index (χ0v) is 25.2. The van der Waals surface area contributed by atoms with Gasteiger partial charge in [0.05, 0.1) is 24.2 Å². The van der Waals surface area contributed by atoms with Crippen LogP contribution in [0.15, 0.2) is 60.7 Å². The quantitative estimate of drug-likeness (QED) is 0.235. The zero-order chi connectivity index (χ0) is 31.2. The van der Waals surface area contributed by atoms with E-state index in [0.29, 0.717) is 66.3 Å². The molecule has 4 heterocycles. The number of aryl methyl sites for hydroxylation is 2. The highest BCUT2D eigenvalue weighted by Gasteiger charge is 2.26. The Kier molecular flexibility index (Phi) is 9.94. The summed E-state index contributed by atoms with van der Waals surface area (Å²) in [5.74, 6) is 1.36. The van der Waals surface area contributed by atoms with Crippen LogP contribution in [0.3, 0.4) is 0 Å². The number of nitrogens with zero attached hydrogens (tertiary/aromatic N) is 6. The molecule has 0 saturated carbocycles. The van der Waals surface area contributed by atoms with Gasteiger partial charge in [0, 0.05) is 37.8 Å². The summed E-state index contributed by atoms with van der Waals surface area (Å²) in [6.07, 6.45) is 3.65. The van der Waals surface area contributed by atoms with E-state index in [2.05, 4.69) is 38.9 Å². The van der Waals surface area contributed by atoms with E-state index in [0.717, 1.165) is 31.5 Å². The van der Waals surface area contributed by atoms with Gasteiger partial charge in [0.2, 0.25) is 0 Å². The molecule has 11 heteroatoms. The smallest absolute Gasteiger partial charge is 0.296 e. The van der Waals surface area contributed by atoms with Gasteiger partial charge in [-0.05, 0) is 62.4 Å². The molecule has 1 atom stereocenters. The number of para-hydroxylation sites is 2. The predicted molar refractivity (Wildman–Crippen MR) is 164 cm³/mol. The number of aromatic nitrogens is 4. The van der Waals surface area contributed by atoms with Crippen LogP contribution < -0.4 is 4.90 Å². The number of halogens is 3. The van der Waals surface area contributed by atoms with E-state index in [1.807, 2.05) is 11.8 Å². The second-order valence-corrected chi connectivity index (χ2v) is 10.9. The molecule has 2 aliphatic rings. The van der Waals surface area contributed by atoms with Gasteiger partial charge in [0.1, 0.15) is 23.3 Å². The molecule has 1 unspecified atom stereocenters. The van der Waals surface area contributed by atoms with Gasteiger partial charge in [0.15, 0.2) is 5.82 Å². The number of rotatable bonds is 6. The highest BCUT2D eigenvalue weighted by molar-refractivity contribution is 5.95. The Morgan fingerprint density at radius 1 is 1.02 bits per heavy atom. The monoisotopic (exact) mass is 606 g/mol. The maximum Gasteiger partial charge on any atom is 0.296 e. The number of amides is 1. The third-order valence-corrected chi connectivity index (χ3v) is 7.74. The average molecular weight is 607 g/mol. The Labute approximate surface area is 255 Å². The summed E-state index contributed by atoms with van der Waals surface area (Å²) in [7, 11) is 0. The minimum Gasteiger partial charge on any atom is -0.378 e. The Balaban J connectivity index is 0.000000182. The topological polar surface area (TPSA) is 76.4 Å². The SMILES string of the molecule is CCC=CC1CCN(C(=O)c2cc(F)ccc2C)C1.Cc1nc(N2CCOCC2)cc(-n2c(C(F)F)nc3ccccc32)n1. The first-order valence-corrected chi connectivity index (χ1v) is 14.9. The largest absolute Gasteiger partial charge is 0.378 e. The van der Waals surface area contributed by atoms with Gasteiger partial charge in [0.25, 0.3) is 12.3 Å². The number of alkyl halides is 2. The number of carbonyl (C=O) groups excluding carboxylic acids is 1. The molecule has 6 rings (SSSR count). The zero-order valence-electron chi connectivity index (χ0n) is 25.2. The first-order valence-electron chi connectivity index (χ1n) is 14.9.